The smallest absolute Gasteiger partial charge is 0.0986 e. The van der Waals surface area contributed by atoms with Crippen molar-refractivity contribution in [3.05, 3.63) is 50.6 Å². The second kappa shape index (κ2) is 17.9. The van der Waals surface area contributed by atoms with Gasteiger partial charge in [-0.2, -0.15) is 0 Å². The zero-order valence-corrected chi connectivity index (χ0v) is 15.5. The van der Waals surface area contributed by atoms with Crippen molar-refractivity contribution in [3.63, 3.8) is 0 Å². The van der Waals surface area contributed by atoms with Crippen LogP contribution in [0.2, 0.25) is 0 Å². The van der Waals surface area contributed by atoms with E-state index >= 15 is 0 Å². The van der Waals surface area contributed by atoms with Gasteiger partial charge in [-0.05, 0) is 0 Å². The lowest BCUT2D eigenvalue weighted by atomic mass is 10.4. The number of aromatic nitrogens is 4. The van der Waals surface area contributed by atoms with Crippen LogP contribution in [0.5, 0.6) is 0 Å². The summed E-state index contributed by atoms with van der Waals surface area (Å²) >= 11 is 0. The number of hydrogen-bond acceptors (Lipinski definition) is 2. The molecule has 0 saturated carbocycles. The maximum Gasteiger partial charge on any atom is 0.0986 e. The van der Waals surface area contributed by atoms with E-state index in [1.54, 1.807) is 46.6 Å². The first kappa shape index (κ1) is 23.9. The van der Waals surface area contributed by atoms with Crippen LogP contribution in [0.1, 0.15) is 26.7 Å². The predicted octanol–water partition coefficient (Wildman–Crippen LogP) is 4.93. The van der Waals surface area contributed by atoms with E-state index in [2.05, 4.69) is 37.0 Å². The summed E-state index contributed by atoms with van der Waals surface area (Å²) in [5.41, 5.74) is 0. The minimum Gasteiger partial charge on any atom is -0.314 e. The highest BCUT2D eigenvalue weighted by atomic mass is 79.9. The lowest BCUT2D eigenvalue weighted by Gasteiger charge is -1.80. The van der Waals surface area contributed by atoms with Crippen molar-refractivity contribution in [1.29, 1.82) is 0 Å². The van der Waals surface area contributed by atoms with Gasteiger partial charge < -0.3 is 9.13 Å². The van der Waals surface area contributed by atoms with E-state index in [4.69, 9.17) is 0 Å². The number of unbranched alkanes of at least 4 members (excludes halogenated alkanes) is 1. The molecule has 2 rings (SSSR count). The van der Waals surface area contributed by atoms with Gasteiger partial charge in [0.1, 0.15) is 0 Å². The van der Waals surface area contributed by atoms with Crippen LogP contribution in [0.15, 0.2) is 50.6 Å². The maximum atomic E-state index is 3.78. The van der Waals surface area contributed by atoms with Crippen molar-refractivity contribution in [2.45, 2.75) is 26.7 Å². The minimum absolute atomic E-state index is 0. The zero-order valence-electron chi connectivity index (χ0n) is 12.1. The van der Waals surface area contributed by atoms with E-state index in [-0.39, 0.29) is 34.0 Å². The number of nitrogens with zero attached hydrogens (tertiary/aromatic N) is 4. The van der Waals surface area contributed by atoms with Crippen LogP contribution in [-0.4, -0.2) is 19.1 Å². The Morgan fingerprint density at radius 3 is 1.30 bits per heavy atom. The molecule has 0 spiro atoms. The van der Waals surface area contributed by atoms with Gasteiger partial charge in [0.15, 0.2) is 0 Å². The van der Waals surface area contributed by atoms with Crippen LogP contribution < -0.4 is 0 Å². The third-order valence-corrected chi connectivity index (χ3v) is 1.97. The molecule has 6 heteroatoms. The van der Waals surface area contributed by atoms with Crippen molar-refractivity contribution in [2.75, 3.05) is 0 Å². The summed E-state index contributed by atoms with van der Waals surface area (Å²) in [4.78, 5) is 7.57. The molecule has 4 nitrogen and oxygen atoms in total. The molecule has 0 aliphatic rings. The van der Waals surface area contributed by atoms with Crippen molar-refractivity contribution >= 4 is 46.4 Å². The molecule has 0 N–H and O–H groups in total. The van der Waals surface area contributed by atoms with Crippen LogP contribution in [0, 0.1) is 0 Å². The van der Waals surface area contributed by atoms with Gasteiger partial charge in [0.2, 0.25) is 0 Å². The molecular weight excluding hydrogens is 384 g/mol. The van der Waals surface area contributed by atoms with Crippen LogP contribution in [0.25, 0.3) is 12.4 Å². The summed E-state index contributed by atoms with van der Waals surface area (Å²) in [7, 11) is 0. The van der Waals surface area contributed by atoms with Crippen molar-refractivity contribution in [1.82, 2.24) is 19.1 Å². The van der Waals surface area contributed by atoms with Crippen molar-refractivity contribution < 1.29 is 0 Å². The number of hydrogen-bond donors (Lipinski definition) is 0. The predicted molar refractivity (Wildman–Crippen MR) is 98.5 cm³/mol. The summed E-state index contributed by atoms with van der Waals surface area (Å²) in [6.07, 6.45) is 16.5. The van der Waals surface area contributed by atoms with Crippen LogP contribution in [0.4, 0.5) is 0 Å². The van der Waals surface area contributed by atoms with Gasteiger partial charge in [0.05, 0.1) is 12.7 Å². The van der Waals surface area contributed by atoms with Crippen molar-refractivity contribution in [2.24, 2.45) is 0 Å². The second-order valence-electron chi connectivity index (χ2n) is 3.38. The SMILES string of the molecule is Br.Br.C=Cn1ccnc1.C=Cn1ccnc1.CCCC. The molecule has 2 aromatic rings. The standard InChI is InChI=1S/2C5H6N2.C4H10.2BrH/c2*1-2-7-4-3-6-5-7;1-3-4-2;;/h2*2-5H,1H2;3-4H2,1-2H3;2*1H. The Morgan fingerprint density at radius 2 is 1.20 bits per heavy atom. The zero-order chi connectivity index (χ0) is 13.6. The number of rotatable bonds is 3. The first-order valence-corrected chi connectivity index (χ1v) is 5.98. The van der Waals surface area contributed by atoms with Gasteiger partial charge in [-0.25, -0.2) is 9.97 Å². The third-order valence-electron chi connectivity index (χ3n) is 1.97. The Bertz CT molecular complexity index is 356. The fourth-order valence-electron chi connectivity index (χ4n) is 0.755. The van der Waals surface area contributed by atoms with E-state index in [1.807, 2.05) is 12.4 Å². The Kier molecular flexibility index (Phi) is 21.4. The van der Waals surface area contributed by atoms with Gasteiger partial charge >= 0.3 is 0 Å². The van der Waals surface area contributed by atoms with E-state index in [9.17, 15) is 0 Å². The quantitative estimate of drug-likeness (QED) is 0.722. The summed E-state index contributed by atoms with van der Waals surface area (Å²) in [6, 6.07) is 0. The van der Waals surface area contributed by atoms with E-state index in [1.165, 1.54) is 12.8 Å². The van der Waals surface area contributed by atoms with Gasteiger partial charge in [-0.3, -0.25) is 0 Å². The summed E-state index contributed by atoms with van der Waals surface area (Å²) in [6.45, 7) is 11.4. The molecule has 0 aliphatic carbocycles. The maximum absolute atomic E-state index is 3.78. The van der Waals surface area contributed by atoms with Crippen LogP contribution in [-0.2, 0) is 0 Å². The average Bonchev–Trinajstić information content (AvgIpc) is 3.11. The van der Waals surface area contributed by atoms with E-state index in [0.29, 0.717) is 0 Å². The Labute approximate surface area is 142 Å². The minimum atomic E-state index is 0. The molecule has 0 unspecified atom stereocenters. The highest BCUT2D eigenvalue weighted by molar-refractivity contribution is 8.93. The molecule has 0 amide bonds. The molecular formula is C14H24Br2N4. The van der Waals surface area contributed by atoms with Gasteiger partial charge in [0, 0.05) is 37.2 Å². The fraction of sp³-hybridized carbons (Fsp3) is 0.286. The molecule has 20 heavy (non-hydrogen) atoms. The van der Waals surface area contributed by atoms with Crippen molar-refractivity contribution in [3.8, 4) is 0 Å². The fourth-order valence-corrected chi connectivity index (χ4v) is 0.755. The topological polar surface area (TPSA) is 35.6 Å². The molecule has 0 aromatic carbocycles. The highest BCUT2D eigenvalue weighted by Crippen LogP contribution is 1.82. The first-order valence-electron chi connectivity index (χ1n) is 5.98. The molecule has 2 aromatic heterocycles. The molecule has 0 atom stereocenters. The molecule has 0 aliphatic heterocycles. The molecule has 0 saturated heterocycles. The normalized spacial score (nSPS) is 7.50. The summed E-state index contributed by atoms with van der Waals surface area (Å²) in [5.74, 6) is 0. The Morgan fingerprint density at radius 1 is 0.850 bits per heavy atom. The number of imidazole rings is 2. The number of halogens is 2. The summed E-state index contributed by atoms with van der Waals surface area (Å²) < 4.78 is 3.56. The molecule has 2 heterocycles. The largest absolute Gasteiger partial charge is 0.314 e. The van der Waals surface area contributed by atoms with Crippen LogP contribution in [0.3, 0.4) is 0 Å². The lowest BCUT2D eigenvalue weighted by molar-refractivity contribution is 0.886. The average molecular weight is 408 g/mol. The van der Waals surface area contributed by atoms with Gasteiger partial charge in [-0.15, -0.1) is 34.0 Å². The molecule has 0 bridgehead atoms. The molecule has 0 radical (unpaired) electrons. The van der Waals surface area contributed by atoms with E-state index < -0.39 is 0 Å². The Balaban J connectivity index is -0.000000215. The third kappa shape index (κ3) is 13.3. The first-order chi connectivity index (χ1) is 8.78. The van der Waals surface area contributed by atoms with E-state index in [0.717, 1.165) is 0 Å². The second-order valence-corrected chi connectivity index (χ2v) is 3.38. The summed E-state index contributed by atoms with van der Waals surface area (Å²) in [5, 5.41) is 0. The highest BCUT2D eigenvalue weighted by Gasteiger charge is 1.73. The van der Waals surface area contributed by atoms with Gasteiger partial charge in [0.25, 0.3) is 0 Å². The Hall–Kier alpha value is -1.14. The lowest BCUT2D eigenvalue weighted by Crippen LogP contribution is -1.73. The monoisotopic (exact) mass is 406 g/mol. The van der Waals surface area contributed by atoms with Crippen LogP contribution >= 0.6 is 34.0 Å². The van der Waals surface area contributed by atoms with Gasteiger partial charge in [-0.1, -0.05) is 39.8 Å². The molecule has 0 fully saturated rings. The molecule has 114 valence electrons.